The van der Waals surface area contributed by atoms with Gasteiger partial charge in [0.25, 0.3) is 0 Å². The summed E-state index contributed by atoms with van der Waals surface area (Å²) in [5, 5.41) is 0. The van der Waals surface area contributed by atoms with Crippen LogP contribution in [0.2, 0.25) is 0 Å². The minimum Gasteiger partial charge on any atom is -0.381 e. The van der Waals surface area contributed by atoms with Crippen LogP contribution in [0.15, 0.2) is 22.7 Å². The molecule has 16 heavy (non-hydrogen) atoms. The molecule has 0 aliphatic carbocycles. The van der Waals surface area contributed by atoms with Crippen LogP contribution in [0.3, 0.4) is 0 Å². The Hall–Kier alpha value is -0.740. The SMILES string of the molecule is O=C(Cc1ccc(Br)cc1F)C1CCOC1. The Kier molecular flexibility index (Phi) is 3.71. The van der Waals surface area contributed by atoms with Crippen LogP contribution >= 0.6 is 15.9 Å². The zero-order valence-corrected chi connectivity index (χ0v) is 10.3. The number of ketones is 1. The predicted octanol–water partition coefficient (Wildman–Crippen LogP) is 2.74. The van der Waals surface area contributed by atoms with Crippen LogP contribution in [0.25, 0.3) is 0 Å². The summed E-state index contributed by atoms with van der Waals surface area (Å²) in [5.41, 5.74) is 0.458. The quantitative estimate of drug-likeness (QED) is 0.854. The smallest absolute Gasteiger partial charge is 0.142 e. The molecule has 2 rings (SSSR count). The van der Waals surface area contributed by atoms with Gasteiger partial charge in [-0.1, -0.05) is 22.0 Å². The van der Waals surface area contributed by atoms with Crippen LogP contribution in [0, 0.1) is 11.7 Å². The van der Waals surface area contributed by atoms with Crippen LogP contribution in [0.5, 0.6) is 0 Å². The van der Waals surface area contributed by atoms with Gasteiger partial charge >= 0.3 is 0 Å². The number of benzene rings is 1. The van der Waals surface area contributed by atoms with Gasteiger partial charge in [-0.2, -0.15) is 0 Å². The van der Waals surface area contributed by atoms with Gasteiger partial charge in [-0.3, -0.25) is 4.79 Å². The second-order valence-electron chi connectivity index (χ2n) is 3.94. The maximum atomic E-state index is 13.5. The minimum absolute atomic E-state index is 0.0527. The molecule has 0 bridgehead atoms. The fraction of sp³-hybridized carbons (Fsp3) is 0.417. The summed E-state index contributed by atoms with van der Waals surface area (Å²) in [5.74, 6) is -0.316. The van der Waals surface area contributed by atoms with E-state index in [0.29, 0.717) is 23.2 Å². The Morgan fingerprint density at radius 2 is 2.38 bits per heavy atom. The molecule has 1 aromatic carbocycles. The van der Waals surface area contributed by atoms with Gasteiger partial charge in [-0.25, -0.2) is 4.39 Å². The molecule has 1 atom stereocenters. The second-order valence-corrected chi connectivity index (χ2v) is 4.86. The summed E-state index contributed by atoms with van der Waals surface area (Å²) in [4.78, 5) is 11.8. The molecule has 1 aliphatic rings. The summed E-state index contributed by atoms with van der Waals surface area (Å²) < 4.78 is 19.3. The largest absolute Gasteiger partial charge is 0.381 e. The summed E-state index contributed by atoms with van der Waals surface area (Å²) in [6, 6.07) is 4.78. The lowest BCUT2D eigenvalue weighted by Gasteiger charge is -2.07. The molecule has 0 radical (unpaired) electrons. The Labute approximate surface area is 102 Å². The van der Waals surface area contributed by atoms with E-state index in [2.05, 4.69) is 15.9 Å². The molecule has 2 nitrogen and oxygen atoms in total. The van der Waals surface area contributed by atoms with Gasteiger partial charge in [0.1, 0.15) is 11.6 Å². The first-order valence-corrected chi connectivity index (χ1v) is 6.00. The third-order valence-corrected chi connectivity index (χ3v) is 3.26. The van der Waals surface area contributed by atoms with Crippen molar-refractivity contribution in [1.29, 1.82) is 0 Å². The predicted molar refractivity (Wildman–Crippen MR) is 61.7 cm³/mol. The molecule has 4 heteroatoms. The average Bonchev–Trinajstić information content (AvgIpc) is 2.75. The van der Waals surface area contributed by atoms with Crippen LogP contribution in [-0.4, -0.2) is 19.0 Å². The molecular weight excluding hydrogens is 275 g/mol. The number of carbonyl (C=O) groups is 1. The van der Waals surface area contributed by atoms with Crippen molar-refractivity contribution in [3.8, 4) is 0 Å². The van der Waals surface area contributed by atoms with Crippen molar-refractivity contribution in [2.45, 2.75) is 12.8 Å². The number of ether oxygens (including phenoxy) is 1. The van der Waals surface area contributed by atoms with Crippen LogP contribution in [0.4, 0.5) is 4.39 Å². The van der Waals surface area contributed by atoms with Gasteiger partial charge in [-0.05, 0) is 24.1 Å². The maximum absolute atomic E-state index is 13.5. The number of rotatable bonds is 3. The first-order valence-electron chi connectivity index (χ1n) is 5.21. The van der Waals surface area contributed by atoms with E-state index in [9.17, 15) is 9.18 Å². The third kappa shape index (κ3) is 2.68. The molecule has 1 saturated heterocycles. The van der Waals surface area contributed by atoms with Crippen molar-refractivity contribution < 1.29 is 13.9 Å². The molecule has 0 aromatic heterocycles. The molecule has 0 amide bonds. The van der Waals surface area contributed by atoms with Crippen molar-refractivity contribution in [2.24, 2.45) is 5.92 Å². The summed E-state index contributed by atoms with van der Waals surface area (Å²) in [7, 11) is 0. The highest BCUT2D eigenvalue weighted by molar-refractivity contribution is 9.10. The van der Waals surface area contributed by atoms with Crippen LogP contribution < -0.4 is 0 Å². The number of Topliss-reactive ketones (excluding diaryl/α,β-unsaturated/α-hetero) is 1. The zero-order valence-electron chi connectivity index (χ0n) is 8.71. The molecule has 1 unspecified atom stereocenters. The highest BCUT2D eigenvalue weighted by atomic mass is 79.9. The molecule has 1 heterocycles. The van der Waals surface area contributed by atoms with Gasteiger partial charge < -0.3 is 4.74 Å². The van der Waals surface area contributed by atoms with E-state index in [1.165, 1.54) is 6.07 Å². The molecular formula is C12H12BrFO2. The summed E-state index contributed by atoms with van der Waals surface area (Å²) >= 11 is 3.18. The Balaban J connectivity index is 2.05. The lowest BCUT2D eigenvalue weighted by molar-refractivity contribution is -0.122. The summed E-state index contributed by atoms with van der Waals surface area (Å²) in [6.45, 7) is 1.12. The summed E-state index contributed by atoms with van der Waals surface area (Å²) in [6.07, 6.45) is 0.921. The van der Waals surface area contributed by atoms with E-state index in [0.717, 1.165) is 6.42 Å². The van der Waals surface area contributed by atoms with Crippen molar-refractivity contribution >= 4 is 21.7 Å². The monoisotopic (exact) mass is 286 g/mol. The Morgan fingerprint density at radius 3 is 3.00 bits per heavy atom. The number of hydrogen-bond acceptors (Lipinski definition) is 2. The zero-order chi connectivity index (χ0) is 11.5. The standard InChI is InChI=1S/C12H12BrFO2/c13-10-2-1-8(11(14)6-10)5-12(15)9-3-4-16-7-9/h1-2,6,9H,3-5,7H2. The van der Waals surface area contributed by atoms with E-state index in [1.807, 2.05) is 0 Å². The van der Waals surface area contributed by atoms with E-state index in [-0.39, 0.29) is 23.9 Å². The lowest BCUT2D eigenvalue weighted by atomic mass is 9.97. The Morgan fingerprint density at radius 1 is 1.56 bits per heavy atom. The first kappa shape index (κ1) is 11.7. The van der Waals surface area contributed by atoms with Gasteiger partial charge in [-0.15, -0.1) is 0 Å². The first-order chi connectivity index (χ1) is 7.66. The van der Waals surface area contributed by atoms with Gasteiger partial charge in [0.05, 0.1) is 6.61 Å². The second kappa shape index (κ2) is 5.06. The van der Waals surface area contributed by atoms with Crippen molar-refractivity contribution in [3.63, 3.8) is 0 Å². The van der Waals surface area contributed by atoms with Crippen LogP contribution in [-0.2, 0) is 16.0 Å². The van der Waals surface area contributed by atoms with Gasteiger partial charge in [0, 0.05) is 23.4 Å². The minimum atomic E-state index is -0.332. The van der Waals surface area contributed by atoms with Crippen molar-refractivity contribution in [1.82, 2.24) is 0 Å². The van der Waals surface area contributed by atoms with E-state index in [4.69, 9.17) is 4.74 Å². The maximum Gasteiger partial charge on any atom is 0.142 e. The van der Waals surface area contributed by atoms with E-state index < -0.39 is 0 Å². The number of halogens is 2. The molecule has 86 valence electrons. The van der Waals surface area contributed by atoms with Crippen molar-refractivity contribution in [3.05, 3.63) is 34.1 Å². The molecule has 0 spiro atoms. The van der Waals surface area contributed by atoms with Gasteiger partial charge in [0.15, 0.2) is 0 Å². The lowest BCUT2D eigenvalue weighted by Crippen LogP contribution is -2.17. The Bertz CT molecular complexity index is 400. The van der Waals surface area contributed by atoms with E-state index in [1.54, 1.807) is 12.1 Å². The average molecular weight is 287 g/mol. The molecule has 0 N–H and O–H groups in total. The highest BCUT2D eigenvalue weighted by Gasteiger charge is 2.24. The third-order valence-electron chi connectivity index (χ3n) is 2.76. The van der Waals surface area contributed by atoms with Crippen molar-refractivity contribution in [2.75, 3.05) is 13.2 Å². The van der Waals surface area contributed by atoms with E-state index >= 15 is 0 Å². The number of hydrogen-bond donors (Lipinski definition) is 0. The topological polar surface area (TPSA) is 26.3 Å². The molecule has 1 fully saturated rings. The molecule has 0 saturated carbocycles. The fourth-order valence-electron chi connectivity index (χ4n) is 1.79. The van der Waals surface area contributed by atoms with Crippen LogP contribution in [0.1, 0.15) is 12.0 Å². The highest BCUT2D eigenvalue weighted by Crippen LogP contribution is 2.19. The van der Waals surface area contributed by atoms with Gasteiger partial charge in [0.2, 0.25) is 0 Å². The molecule has 1 aliphatic heterocycles. The normalized spacial score (nSPS) is 20.0. The number of carbonyl (C=O) groups excluding carboxylic acids is 1. The molecule has 1 aromatic rings. The fourth-order valence-corrected chi connectivity index (χ4v) is 2.12.